The lowest BCUT2D eigenvalue weighted by Gasteiger charge is -2.17. The van der Waals surface area contributed by atoms with Gasteiger partial charge in [0.15, 0.2) is 0 Å². The second-order valence-electron chi connectivity index (χ2n) is 4.69. The van der Waals surface area contributed by atoms with Crippen molar-refractivity contribution >= 4 is 23.2 Å². The van der Waals surface area contributed by atoms with Crippen LogP contribution in [-0.4, -0.2) is 36.9 Å². The van der Waals surface area contributed by atoms with Gasteiger partial charge in [0.2, 0.25) is 5.91 Å². The van der Waals surface area contributed by atoms with Gasteiger partial charge in [0.1, 0.15) is 0 Å². The zero-order valence-electron chi connectivity index (χ0n) is 11.9. The van der Waals surface area contributed by atoms with E-state index in [1.54, 1.807) is 47.5 Å². The average molecular weight is 302 g/mol. The summed E-state index contributed by atoms with van der Waals surface area (Å²) in [6, 6.07) is 12.9. The monoisotopic (exact) mass is 302 g/mol. The molecule has 2 aromatic rings. The first-order chi connectivity index (χ1) is 10.2. The summed E-state index contributed by atoms with van der Waals surface area (Å²) in [5, 5.41) is 4.67. The van der Waals surface area contributed by atoms with Gasteiger partial charge in [-0.1, -0.05) is 24.3 Å². The minimum atomic E-state index is -0.226. The van der Waals surface area contributed by atoms with Gasteiger partial charge >= 0.3 is 0 Å². The minimum Gasteiger partial charge on any atom is -0.344 e. The van der Waals surface area contributed by atoms with Crippen LogP contribution in [0.25, 0.3) is 0 Å². The van der Waals surface area contributed by atoms with Crippen LogP contribution in [-0.2, 0) is 11.2 Å². The van der Waals surface area contributed by atoms with Crippen molar-refractivity contribution in [2.45, 2.75) is 6.42 Å². The SMILES string of the molecule is CN(CCc1cccs1)C(=O)CNC(=O)c1ccccc1. The molecule has 2 rings (SSSR count). The van der Waals surface area contributed by atoms with Crippen molar-refractivity contribution in [1.29, 1.82) is 0 Å². The smallest absolute Gasteiger partial charge is 0.251 e. The van der Waals surface area contributed by atoms with Crippen molar-refractivity contribution in [1.82, 2.24) is 10.2 Å². The number of hydrogen-bond acceptors (Lipinski definition) is 3. The molecule has 0 saturated heterocycles. The van der Waals surface area contributed by atoms with Crippen LogP contribution < -0.4 is 5.32 Å². The van der Waals surface area contributed by atoms with Gasteiger partial charge in [-0.05, 0) is 30.0 Å². The van der Waals surface area contributed by atoms with Gasteiger partial charge in [0.25, 0.3) is 5.91 Å². The largest absolute Gasteiger partial charge is 0.344 e. The number of thiophene rings is 1. The maximum Gasteiger partial charge on any atom is 0.251 e. The van der Waals surface area contributed by atoms with E-state index in [2.05, 4.69) is 11.4 Å². The number of rotatable bonds is 6. The molecule has 0 aliphatic heterocycles. The molecule has 1 aromatic carbocycles. The fourth-order valence-electron chi connectivity index (χ4n) is 1.84. The molecule has 0 unspecified atom stereocenters. The summed E-state index contributed by atoms with van der Waals surface area (Å²) in [6.45, 7) is 0.676. The molecule has 0 bridgehead atoms. The topological polar surface area (TPSA) is 49.4 Å². The van der Waals surface area contributed by atoms with Gasteiger partial charge in [0.05, 0.1) is 6.54 Å². The number of carbonyl (C=O) groups excluding carboxylic acids is 2. The van der Waals surface area contributed by atoms with Crippen molar-refractivity contribution in [3.05, 3.63) is 58.3 Å². The van der Waals surface area contributed by atoms with Crippen LogP contribution in [0.5, 0.6) is 0 Å². The molecule has 1 N–H and O–H groups in total. The van der Waals surface area contributed by atoms with Gasteiger partial charge in [-0.3, -0.25) is 9.59 Å². The third-order valence-electron chi connectivity index (χ3n) is 3.14. The van der Waals surface area contributed by atoms with E-state index in [9.17, 15) is 9.59 Å². The maximum absolute atomic E-state index is 12.0. The first-order valence-electron chi connectivity index (χ1n) is 6.76. The van der Waals surface area contributed by atoms with Gasteiger partial charge < -0.3 is 10.2 Å². The number of nitrogens with zero attached hydrogens (tertiary/aromatic N) is 1. The van der Waals surface area contributed by atoms with Gasteiger partial charge in [-0.15, -0.1) is 11.3 Å². The summed E-state index contributed by atoms with van der Waals surface area (Å²) in [4.78, 5) is 26.7. The highest BCUT2D eigenvalue weighted by atomic mass is 32.1. The van der Waals surface area contributed by atoms with Crippen LogP contribution in [0, 0.1) is 0 Å². The highest BCUT2D eigenvalue weighted by Gasteiger charge is 2.11. The third kappa shape index (κ3) is 4.72. The van der Waals surface area contributed by atoms with E-state index in [-0.39, 0.29) is 18.4 Å². The van der Waals surface area contributed by atoms with E-state index in [1.807, 2.05) is 17.5 Å². The third-order valence-corrected chi connectivity index (χ3v) is 4.07. The Labute approximate surface area is 128 Å². The number of amides is 2. The fourth-order valence-corrected chi connectivity index (χ4v) is 2.54. The lowest BCUT2D eigenvalue weighted by atomic mass is 10.2. The first-order valence-corrected chi connectivity index (χ1v) is 7.64. The molecule has 21 heavy (non-hydrogen) atoms. The second kappa shape index (κ2) is 7.59. The van der Waals surface area contributed by atoms with Gasteiger partial charge in [-0.2, -0.15) is 0 Å². The summed E-state index contributed by atoms with van der Waals surface area (Å²) >= 11 is 1.68. The quantitative estimate of drug-likeness (QED) is 0.889. The normalized spacial score (nSPS) is 10.1. The van der Waals surface area contributed by atoms with Crippen LogP contribution in [0.15, 0.2) is 47.8 Å². The molecule has 0 radical (unpaired) electrons. The van der Waals surface area contributed by atoms with Crippen LogP contribution in [0.3, 0.4) is 0 Å². The van der Waals surface area contributed by atoms with Crippen LogP contribution >= 0.6 is 11.3 Å². The highest BCUT2D eigenvalue weighted by molar-refractivity contribution is 7.09. The predicted molar refractivity (Wildman–Crippen MR) is 84.4 cm³/mol. The highest BCUT2D eigenvalue weighted by Crippen LogP contribution is 2.09. The van der Waals surface area contributed by atoms with Crippen molar-refractivity contribution in [2.24, 2.45) is 0 Å². The zero-order valence-corrected chi connectivity index (χ0v) is 12.7. The van der Waals surface area contributed by atoms with Crippen molar-refractivity contribution in [3.8, 4) is 0 Å². The Morgan fingerprint density at radius 1 is 1.14 bits per heavy atom. The van der Waals surface area contributed by atoms with Crippen molar-refractivity contribution in [3.63, 3.8) is 0 Å². The number of benzene rings is 1. The molecule has 110 valence electrons. The molecule has 0 spiro atoms. The van der Waals surface area contributed by atoms with Gasteiger partial charge in [-0.25, -0.2) is 0 Å². The minimum absolute atomic E-state index is 0.0225. The number of nitrogens with one attached hydrogen (secondary N) is 1. The van der Waals surface area contributed by atoms with Crippen molar-refractivity contribution in [2.75, 3.05) is 20.1 Å². The standard InChI is InChI=1S/C16H18N2O2S/c1-18(10-9-14-8-5-11-21-14)15(19)12-17-16(20)13-6-3-2-4-7-13/h2-8,11H,9-10,12H2,1H3,(H,17,20). The number of hydrogen-bond donors (Lipinski definition) is 1. The summed E-state index contributed by atoms with van der Waals surface area (Å²) in [7, 11) is 1.75. The molecule has 0 aliphatic rings. The number of carbonyl (C=O) groups is 2. The molecule has 1 heterocycles. The van der Waals surface area contributed by atoms with Crippen molar-refractivity contribution < 1.29 is 9.59 Å². The molecule has 0 saturated carbocycles. The predicted octanol–water partition coefficient (Wildman–Crippen LogP) is 2.18. The van der Waals surface area contributed by atoms with E-state index >= 15 is 0 Å². The lowest BCUT2D eigenvalue weighted by Crippen LogP contribution is -2.38. The Balaban J connectivity index is 1.74. The summed E-state index contributed by atoms with van der Waals surface area (Å²) < 4.78 is 0. The Hall–Kier alpha value is -2.14. The molecule has 0 aliphatic carbocycles. The number of likely N-dealkylation sites (N-methyl/N-ethyl adjacent to an activating group) is 1. The lowest BCUT2D eigenvalue weighted by molar-refractivity contribution is -0.128. The van der Waals surface area contributed by atoms with E-state index in [4.69, 9.17) is 0 Å². The zero-order chi connectivity index (χ0) is 15.1. The van der Waals surface area contributed by atoms with E-state index in [0.717, 1.165) is 6.42 Å². The van der Waals surface area contributed by atoms with Crippen LogP contribution in [0.4, 0.5) is 0 Å². The average Bonchev–Trinajstić information content (AvgIpc) is 3.04. The Bertz CT molecular complexity index is 582. The molecule has 5 heteroatoms. The Kier molecular flexibility index (Phi) is 5.51. The molecular weight excluding hydrogens is 284 g/mol. The fraction of sp³-hybridized carbons (Fsp3) is 0.250. The molecule has 0 atom stereocenters. The molecule has 0 fully saturated rings. The first kappa shape index (κ1) is 15.3. The summed E-state index contributed by atoms with van der Waals surface area (Å²) in [6.07, 6.45) is 0.840. The molecule has 1 aromatic heterocycles. The molecule has 2 amide bonds. The second-order valence-corrected chi connectivity index (χ2v) is 5.73. The maximum atomic E-state index is 12.0. The Morgan fingerprint density at radius 2 is 1.90 bits per heavy atom. The van der Waals surface area contributed by atoms with Crippen LogP contribution in [0.1, 0.15) is 15.2 Å². The van der Waals surface area contributed by atoms with Crippen LogP contribution in [0.2, 0.25) is 0 Å². The summed E-state index contributed by atoms with van der Waals surface area (Å²) in [5.74, 6) is -0.313. The van der Waals surface area contributed by atoms with E-state index < -0.39 is 0 Å². The van der Waals surface area contributed by atoms with Gasteiger partial charge in [0, 0.05) is 24.0 Å². The van der Waals surface area contributed by atoms with E-state index in [1.165, 1.54) is 4.88 Å². The molecule has 4 nitrogen and oxygen atoms in total. The molecular formula is C16H18N2O2S. The van der Waals surface area contributed by atoms with E-state index in [0.29, 0.717) is 12.1 Å². The summed E-state index contributed by atoms with van der Waals surface area (Å²) in [5.41, 5.74) is 0.562. The Morgan fingerprint density at radius 3 is 2.57 bits per heavy atom.